The molecule has 0 bridgehead atoms. The van der Waals surface area contributed by atoms with Crippen molar-refractivity contribution in [3.8, 4) is 0 Å². The third-order valence-corrected chi connectivity index (χ3v) is 4.00. The van der Waals surface area contributed by atoms with Gasteiger partial charge in [0.15, 0.2) is 0 Å². The van der Waals surface area contributed by atoms with Gasteiger partial charge in [-0.25, -0.2) is 4.79 Å². The van der Waals surface area contributed by atoms with Crippen molar-refractivity contribution in [2.24, 2.45) is 4.99 Å². The Balaban J connectivity index is 1.69. The van der Waals surface area contributed by atoms with Crippen LogP contribution in [0.4, 0.5) is 0 Å². The molecule has 3 rings (SSSR count). The highest BCUT2D eigenvalue weighted by Crippen LogP contribution is 2.41. The summed E-state index contributed by atoms with van der Waals surface area (Å²) in [5.74, 6) is 0.994. The van der Waals surface area contributed by atoms with Gasteiger partial charge in [-0.05, 0) is 12.8 Å². The van der Waals surface area contributed by atoms with Gasteiger partial charge in [-0.2, -0.15) is 0 Å². The highest BCUT2D eigenvalue weighted by Gasteiger charge is 2.53. The largest absolute Gasteiger partial charge is 0.467 e. The smallest absolute Gasteiger partial charge is 0.328 e. The van der Waals surface area contributed by atoms with Crippen LogP contribution in [0.5, 0.6) is 0 Å². The van der Waals surface area contributed by atoms with Gasteiger partial charge in [0.1, 0.15) is 17.4 Å². The summed E-state index contributed by atoms with van der Waals surface area (Å²) in [4.78, 5) is 18.5. The second-order valence-electron chi connectivity index (χ2n) is 4.95. The molecule has 0 aliphatic carbocycles. The number of hydrogen-bond donors (Lipinski definition) is 0. The molecule has 0 radical (unpaired) electrons. The van der Waals surface area contributed by atoms with Gasteiger partial charge in [-0.3, -0.25) is 4.99 Å². The number of aliphatic imine (C=N–C) groups is 1. The van der Waals surface area contributed by atoms with Gasteiger partial charge in [0, 0.05) is 32.6 Å². The van der Waals surface area contributed by atoms with Gasteiger partial charge in [0.2, 0.25) is 0 Å². The van der Waals surface area contributed by atoms with E-state index in [1.807, 2.05) is 0 Å². The van der Waals surface area contributed by atoms with Crippen molar-refractivity contribution >= 4 is 11.8 Å². The van der Waals surface area contributed by atoms with Crippen LogP contribution in [0.1, 0.15) is 25.7 Å². The van der Waals surface area contributed by atoms with Crippen LogP contribution in [-0.4, -0.2) is 55.2 Å². The van der Waals surface area contributed by atoms with Crippen molar-refractivity contribution in [3.63, 3.8) is 0 Å². The fraction of sp³-hybridized carbons (Fsp3) is 0.833. The van der Waals surface area contributed by atoms with E-state index in [0.29, 0.717) is 0 Å². The molecule has 2 fully saturated rings. The second kappa shape index (κ2) is 3.98. The van der Waals surface area contributed by atoms with Gasteiger partial charge >= 0.3 is 5.97 Å². The summed E-state index contributed by atoms with van der Waals surface area (Å²) < 4.78 is 10.2. The first kappa shape index (κ1) is 11.0. The predicted molar refractivity (Wildman–Crippen MR) is 62.0 cm³/mol. The zero-order chi connectivity index (χ0) is 11.9. The molecule has 2 saturated heterocycles. The maximum absolute atomic E-state index is 11.7. The Morgan fingerprint density at radius 3 is 3.00 bits per heavy atom. The summed E-state index contributed by atoms with van der Waals surface area (Å²) in [6, 6.07) is -0.110. The van der Waals surface area contributed by atoms with E-state index in [4.69, 9.17) is 9.47 Å². The summed E-state index contributed by atoms with van der Waals surface area (Å²) in [5.41, 5.74) is 0.00879. The molecule has 94 valence electrons. The highest BCUT2D eigenvalue weighted by atomic mass is 16.5. The first-order valence-corrected chi connectivity index (χ1v) is 6.29. The minimum Gasteiger partial charge on any atom is -0.467 e. The minimum absolute atomic E-state index is 0.00879. The number of nitrogens with zero attached hydrogens (tertiary/aromatic N) is 2. The SMILES string of the molecule is COC(=O)[C@@H]1CCCN1C1=NC12CCOCC2. The van der Waals surface area contributed by atoms with E-state index in [-0.39, 0.29) is 17.6 Å². The summed E-state index contributed by atoms with van der Waals surface area (Å²) in [5, 5.41) is 0. The number of carbonyl (C=O) groups is 1. The number of ether oxygens (including phenoxy) is 2. The third kappa shape index (κ3) is 1.73. The van der Waals surface area contributed by atoms with Gasteiger partial charge in [-0.1, -0.05) is 0 Å². The van der Waals surface area contributed by atoms with Gasteiger partial charge < -0.3 is 14.4 Å². The molecule has 3 aliphatic rings. The van der Waals surface area contributed by atoms with E-state index < -0.39 is 0 Å². The summed E-state index contributed by atoms with van der Waals surface area (Å²) >= 11 is 0. The quantitative estimate of drug-likeness (QED) is 0.627. The normalized spacial score (nSPS) is 30.3. The molecule has 17 heavy (non-hydrogen) atoms. The van der Waals surface area contributed by atoms with E-state index in [0.717, 1.165) is 51.3 Å². The van der Waals surface area contributed by atoms with Crippen molar-refractivity contribution in [1.82, 2.24) is 4.90 Å². The Morgan fingerprint density at radius 1 is 1.53 bits per heavy atom. The number of amidine groups is 1. The van der Waals surface area contributed by atoms with E-state index in [1.165, 1.54) is 7.11 Å². The van der Waals surface area contributed by atoms with Crippen molar-refractivity contribution < 1.29 is 14.3 Å². The number of esters is 1. The van der Waals surface area contributed by atoms with Crippen molar-refractivity contribution in [2.45, 2.75) is 37.3 Å². The van der Waals surface area contributed by atoms with Gasteiger partial charge in [-0.15, -0.1) is 0 Å². The Morgan fingerprint density at radius 2 is 2.29 bits per heavy atom. The van der Waals surface area contributed by atoms with Crippen LogP contribution >= 0.6 is 0 Å². The van der Waals surface area contributed by atoms with Gasteiger partial charge in [0.05, 0.1) is 7.11 Å². The fourth-order valence-electron chi connectivity index (χ4n) is 2.95. The standard InChI is InChI=1S/C12H18N2O3/c1-16-10(15)9-3-2-6-14(9)11-12(13-11)4-7-17-8-5-12/h9H,2-8H2,1H3/t9-/m0/s1. The van der Waals surface area contributed by atoms with Crippen LogP contribution in [0.25, 0.3) is 0 Å². The Labute approximate surface area is 101 Å². The van der Waals surface area contributed by atoms with Crippen molar-refractivity contribution in [2.75, 3.05) is 26.9 Å². The molecular formula is C12H18N2O3. The average Bonchev–Trinajstić information content (AvgIpc) is 2.85. The lowest BCUT2D eigenvalue weighted by Crippen LogP contribution is -2.43. The van der Waals surface area contributed by atoms with E-state index in [2.05, 4.69) is 9.89 Å². The molecule has 3 heterocycles. The Kier molecular flexibility index (Phi) is 2.58. The molecule has 1 atom stereocenters. The lowest BCUT2D eigenvalue weighted by Gasteiger charge is -2.27. The van der Waals surface area contributed by atoms with E-state index >= 15 is 0 Å². The molecule has 5 heteroatoms. The van der Waals surface area contributed by atoms with Crippen LogP contribution in [0, 0.1) is 0 Å². The molecule has 3 aliphatic heterocycles. The molecular weight excluding hydrogens is 220 g/mol. The first-order chi connectivity index (χ1) is 8.27. The Bertz CT molecular complexity index is 361. The molecule has 0 N–H and O–H groups in total. The summed E-state index contributed by atoms with van der Waals surface area (Å²) in [6.45, 7) is 2.49. The maximum Gasteiger partial charge on any atom is 0.328 e. The van der Waals surface area contributed by atoms with Crippen molar-refractivity contribution in [1.29, 1.82) is 0 Å². The molecule has 0 aromatic carbocycles. The fourth-order valence-corrected chi connectivity index (χ4v) is 2.95. The molecule has 0 amide bonds. The van der Waals surface area contributed by atoms with Crippen LogP contribution < -0.4 is 0 Å². The lowest BCUT2D eigenvalue weighted by atomic mass is 9.96. The number of methoxy groups -OCH3 is 1. The van der Waals surface area contributed by atoms with Crippen LogP contribution in [0.2, 0.25) is 0 Å². The summed E-state index contributed by atoms with van der Waals surface area (Å²) in [6.07, 6.45) is 3.86. The van der Waals surface area contributed by atoms with E-state index in [9.17, 15) is 4.79 Å². The zero-order valence-corrected chi connectivity index (χ0v) is 10.1. The van der Waals surface area contributed by atoms with Crippen LogP contribution in [0.3, 0.4) is 0 Å². The van der Waals surface area contributed by atoms with Gasteiger partial charge in [0.25, 0.3) is 0 Å². The number of hydrogen-bond acceptors (Lipinski definition) is 5. The number of likely N-dealkylation sites (tertiary alicyclic amines) is 1. The topological polar surface area (TPSA) is 51.1 Å². The lowest BCUT2D eigenvalue weighted by molar-refractivity contribution is -0.144. The predicted octanol–water partition coefficient (Wildman–Crippen LogP) is 0.585. The average molecular weight is 238 g/mol. The second-order valence-corrected chi connectivity index (χ2v) is 4.95. The maximum atomic E-state index is 11.7. The van der Waals surface area contributed by atoms with Crippen molar-refractivity contribution in [3.05, 3.63) is 0 Å². The van der Waals surface area contributed by atoms with E-state index in [1.54, 1.807) is 0 Å². The molecule has 0 unspecified atom stereocenters. The molecule has 0 aromatic heterocycles. The Hall–Kier alpha value is -1.10. The number of rotatable bonds is 1. The minimum atomic E-state index is -0.126. The molecule has 0 aromatic rings. The molecule has 5 nitrogen and oxygen atoms in total. The van der Waals surface area contributed by atoms with Crippen LogP contribution in [0.15, 0.2) is 4.99 Å². The molecule has 1 spiro atoms. The third-order valence-electron chi connectivity index (χ3n) is 4.00. The molecule has 0 saturated carbocycles. The number of carbonyl (C=O) groups excluding carboxylic acids is 1. The first-order valence-electron chi connectivity index (χ1n) is 6.29. The van der Waals surface area contributed by atoms with Crippen LogP contribution in [-0.2, 0) is 14.3 Å². The monoisotopic (exact) mass is 238 g/mol. The zero-order valence-electron chi connectivity index (χ0n) is 10.1. The summed E-state index contributed by atoms with van der Waals surface area (Å²) in [7, 11) is 1.46. The highest BCUT2D eigenvalue weighted by molar-refractivity contribution is 6.05.